The zero-order chi connectivity index (χ0) is 22.7. The van der Waals surface area contributed by atoms with Gasteiger partial charge in [0, 0.05) is 49.4 Å². The highest BCUT2D eigenvalue weighted by Crippen LogP contribution is 2.24. The maximum Gasteiger partial charge on any atom is 0.271 e. The summed E-state index contributed by atoms with van der Waals surface area (Å²) in [5.41, 5.74) is 0.810. The average molecular weight is 438 g/mol. The molecule has 1 saturated heterocycles. The molecule has 3 aromatic rings. The summed E-state index contributed by atoms with van der Waals surface area (Å²) >= 11 is 0. The van der Waals surface area contributed by atoms with Crippen LogP contribution in [0.4, 0.5) is 0 Å². The van der Waals surface area contributed by atoms with Gasteiger partial charge in [-0.1, -0.05) is 25.9 Å². The molecule has 1 aliphatic heterocycles. The van der Waals surface area contributed by atoms with Crippen LogP contribution < -0.4 is 5.32 Å². The fourth-order valence-electron chi connectivity index (χ4n) is 3.41. The second kappa shape index (κ2) is 8.89. The molecular weight excluding hydrogens is 410 g/mol. The molecule has 4 rings (SSSR count). The second-order valence-corrected chi connectivity index (χ2v) is 8.84. The Bertz CT molecular complexity index is 1110. The highest BCUT2D eigenvalue weighted by molar-refractivity contribution is 5.92. The molecule has 2 amide bonds. The van der Waals surface area contributed by atoms with Crippen LogP contribution in [0.1, 0.15) is 56.3 Å². The van der Waals surface area contributed by atoms with Crippen molar-refractivity contribution in [1.29, 1.82) is 0 Å². The number of rotatable bonds is 7. The van der Waals surface area contributed by atoms with Gasteiger partial charge in [0.05, 0.1) is 0 Å². The molecule has 0 aromatic carbocycles. The van der Waals surface area contributed by atoms with Crippen molar-refractivity contribution in [2.75, 3.05) is 19.6 Å². The van der Waals surface area contributed by atoms with Gasteiger partial charge < -0.3 is 14.7 Å². The van der Waals surface area contributed by atoms with E-state index in [0.29, 0.717) is 49.2 Å². The Hall–Kier alpha value is -3.56. The number of nitrogens with one attached hydrogen (secondary N) is 1. The summed E-state index contributed by atoms with van der Waals surface area (Å²) in [4.78, 5) is 38.9. The van der Waals surface area contributed by atoms with Crippen molar-refractivity contribution in [3.8, 4) is 17.3 Å². The van der Waals surface area contributed by atoms with Crippen LogP contribution in [0.25, 0.3) is 17.3 Å². The maximum atomic E-state index is 12.4. The number of nitrogens with zero attached hydrogens (tertiary/aromatic N) is 6. The van der Waals surface area contributed by atoms with E-state index in [1.165, 1.54) is 0 Å². The first-order valence-corrected chi connectivity index (χ1v) is 10.7. The van der Waals surface area contributed by atoms with Crippen LogP contribution in [0.15, 0.2) is 35.4 Å². The van der Waals surface area contributed by atoms with Gasteiger partial charge in [0.15, 0.2) is 5.82 Å². The second-order valence-electron chi connectivity index (χ2n) is 8.84. The average Bonchev–Trinajstić information content (AvgIpc) is 3.51. The van der Waals surface area contributed by atoms with E-state index in [2.05, 4.69) is 25.4 Å². The molecule has 0 atom stereocenters. The number of aromatic nitrogens is 5. The van der Waals surface area contributed by atoms with Crippen LogP contribution in [-0.4, -0.2) is 61.0 Å². The Morgan fingerprint density at radius 3 is 2.84 bits per heavy atom. The van der Waals surface area contributed by atoms with Gasteiger partial charge >= 0.3 is 0 Å². The third-order valence-corrected chi connectivity index (χ3v) is 5.23. The fraction of sp³-hybridized carbons (Fsp3) is 0.455. The SMILES string of the molecule is CC(C)(C)c1noc(-c2ccnc(-n3cnc(C(=O)NCCCN4CCCC4=O)c3)c2)n1. The Morgan fingerprint density at radius 1 is 1.28 bits per heavy atom. The molecule has 10 nitrogen and oxygen atoms in total. The summed E-state index contributed by atoms with van der Waals surface area (Å²) in [5.74, 6) is 1.55. The van der Waals surface area contributed by atoms with Crippen molar-refractivity contribution < 1.29 is 14.1 Å². The summed E-state index contributed by atoms with van der Waals surface area (Å²) in [5, 5.41) is 6.91. The lowest BCUT2D eigenvalue weighted by molar-refractivity contribution is -0.127. The smallest absolute Gasteiger partial charge is 0.271 e. The van der Waals surface area contributed by atoms with Gasteiger partial charge in [0.2, 0.25) is 5.91 Å². The van der Waals surface area contributed by atoms with Crippen molar-refractivity contribution in [2.45, 2.75) is 45.4 Å². The molecule has 3 aromatic heterocycles. The lowest BCUT2D eigenvalue weighted by Gasteiger charge is -2.14. The van der Waals surface area contributed by atoms with Gasteiger partial charge in [-0.3, -0.25) is 14.2 Å². The van der Waals surface area contributed by atoms with E-state index in [0.717, 1.165) is 18.5 Å². The standard InChI is InChI=1S/C22H27N7O3/c1-22(2,3)21-26-20(32-27-21)15-7-9-23-17(12-15)29-13-16(25-14-29)19(31)24-8-5-11-28-10-4-6-18(28)30/h7,9,12-14H,4-6,8,10-11H2,1-3H3,(H,24,31). The van der Waals surface area contributed by atoms with E-state index in [1.54, 1.807) is 35.4 Å². The molecule has 0 unspecified atom stereocenters. The monoisotopic (exact) mass is 437 g/mol. The molecule has 0 aliphatic carbocycles. The topological polar surface area (TPSA) is 119 Å². The Balaban J connectivity index is 1.38. The predicted octanol–water partition coefficient (Wildman–Crippen LogP) is 2.36. The number of amides is 2. The minimum atomic E-state index is -0.264. The highest BCUT2D eigenvalue weighted by atomic mass is 16.5. The Kier molecular flexibility index (Phi) is 6.02. The van der Waals surface area contributed by atoms with E-state index in [1.807, 2.05) is 25.7 Å². The first-order valence-electron chi connectivity index (χ1n) is 10.7. The quantitative estimate of drug-likeness (QED) is 0.564. The number of hydrogen-bond acceptors (Lipinski definition) is 7. The number of imidazole rings is 1. The minimum Gasteiger partial charge on any atom is -0.351 e. The van der Waals surface area contributed by atoms with Crippen LogP contribution in [0.2, 0.25) is 0 Å². The lowest BCUT2D eigenvalue weighted by Crippen LogP contribution is -2.30. The summed E-state index contributed by atoms with van der Waals surface area (Å²) in [7, 11) is 0. The zero-order valence-corrected chi connectivity index (χ0v) is 18.5. The molecule has 32 heavy (non-hydrogen) atoms. The van der Waals surface area contributed by atoms with Crippen molar-refractivity contribution in [3.05, 3.63) is 42.4 Å². The largest absolute Gasteiger partial charge is 0.351 e. The highest BCUT2D eigenvalue weighted by Gasteiger charge is 2.22. The number of carbonyl (C=O) groups excluding carboxylic acids is 2. The Labute approximate surface area is 186 Å². The summed E-state index contributed by atoms with van der Waals surface area (Å²) in [6.45, 7) is 8.01. The van der Waals surface area contributed by atoms with E-state index >= 15 is 0 Å². The van der Waals surface area contributed by atoms with Gasteiger partial charge in [0.25, 0.3) is 11.8 Å². The van der Waals surface area contributed by atoms with Gasteiger partial charge in [0.1, 0.15) is 17.8 Å². The molecule has 1 aliphatic rings. The number of hydrogen-bond donors (Lipinski definition) is 1. The molecular formula is C22H27N7O3. The van der Waals surface area contributed by atoms with Gasteiger partial charge in [-0.15, -0.1) is 0 Å². The first-order chi connectivity index (χ1) is 15.3. The minimum absolute atomic E-state index is 0.194. The van der Waals surface area contributed by atoms with Crippen LogP contribution >= 0.6 is 0 Å². The molecule has 4 heterocycles. The molecule has 0 bridgehead atoms. The van der Waals surface area contributed by atoms with Crippen molar-refractivity contribution in [1.82, 2.24) is 34.9 Å². The number of likely N-dealkylation sites (tertiary alicyclic amines) is 1. The molecule has 1 N–H and O–H groups in total. The molecule has 10 heteroatoms. The maximum absolute atomic E-state index is 12.4. The normalized spacial score (nSPS) is 14.2. The van der Waals surface area contributed by atoms with E-state index < -0.39 is 0 Å². The molecule has 0 saturated carbocycles. The molecule has 1 fully saturated rings. The predicted molar refractivity (Wildman–Crippen MR) is 116 cm³/mol. The van der Waals surface area contributed by atoms with Crippen molar-refractivity contribution >= 4 is 11.8 Å². The van der Waals surface area contributed by atoms with Gasteiger partial charge in [-0.2, -0.15) is 4.98 Å². The zero-order valence-electron chi connectivity index (χ0n) is 18.5. The van der Waals surface area contributed by atoms with Crippen molar-refractivity contribution in [2.24, 2.45) is 0 Å². The lowest BCUT2D eigenvalue weighted by atomic mass is 9.96. The summed E-state index contributed by atoms with van der Waals surface area (Å²) in [6.07, 6.45) is 7.07. The third-order valence-electron chi connectivity index (χ3n) is 5.23. The summed E-state index contributed by atoms with van der Waals surface area (Å²) < 4.78 is 7.08. The van der Waals surface area contributed by atoms with E-state index in [4.69, 9.17) is 4.52 Å². The van der Waals surface area contributed by atoms with Crippen LogP contribution in [0, 0.1) is 0 Å². The van der Waals surface area contributed by atoms with Crippen molar-refractivity contribution in [3.63, 3.8) is 0 Å². The van der Waals surface area contributed by atoms with Crippen LogP contribution in [0.3, 0.4) is 0 Å². The molecule has 0 spiro atoms. The third kappa shape index (κ3) is 4.84. The first kappa shape index (κ1) is 21.7. The van der Waals surface area contributed by atoms with Gasteiger partial charge in [-0.25, -0.2) is 9.97 Å². The molecule has 168 valence electrons. The van der Waals surface area contributed by atoms with E-state index in [9.17, 15) is 9.59 Å². The number of carbonyl (C=O) groups is 2. The van der Waals surface area contributed by atoms with Gasteiger partial charge in [-0.05, 0) is 25.0 Å². The fourth-order valence-corrected chi connectivity index (χ4v) is 3.41. The number of pyridine rings is 1. The van der Waals surface area contributed by atoms with Crippen LogP contribution in [0.5, 0.6) is 0 Å². The van der Waals surface area contributed by atoms with Crippen LogP contribution in [-0.2, 0) is 10.2 Å². The Morgan fingerprint density at radius 2 is 2.12 bits per heavy atom. The molecule has 0 radical (unpaired) electrons. The van der Waals surface area contributed by atoms with E-state index in [-0.39, 0.29) is 17.2 Å². The summed E-state index contributed by atoms with van der Waals surface area (Å²) in [6, 6.07) is 3.59.